The van der Waals surface area contributed by atoms with Gasteiger partial charge in [0.2, 0.25) is 0 Å². The number of nitrogens with zero attached hydrogens (tertiary/aromatic N) is 1. The maximum Gasteiger partial charge on any atom is 0.193 e. The first kappa shape index (κ1) is 19.9. The van der Waals surface area contributed by atoms with Crippen molar-refractivity contribution in [3.63, 3.8) is 0 Å². The molecule has 5 heteroatoms. The van der Waals surface area contributed by atoms with Crippen molar-refractivity contribution in [2.24, 2.45) is 0 Å². The fourth-order valence-corrected chi connectivity index (χ4v) is 4.64. The highest BCUT2D eigenvalue weighted by molar-refractivity contribution is 6.12. The normalized spacial score (nSPS) is 23.1. The third-order valence-electron chi connectivity index (χ3n) is 6.20. The summed E-state index contributed by atoms with van der Waals surface area (Å²) in [4.78, 5) is 15.7. The number of anilines is 1. The Kier molecular flexibility index (Phi) is 4.86. The lowest BCUT2D eigenvalue weighted by molar-refractivity contribution is 0.0102. The summed E-state index contributed by atoms with van der Waals surface area (Å²) in [6.07, 6.45) is 8.68. The van der Waals surface area contributed by atoms with Gasteiger partial charge in [0.05, 0.1) is 38.1 Å². The lowest BCUT2D eigenvalue weighted by Crippen LogP contribution is -2.64. The lowest BCUT2D eigenvalue weighted by Gasteiger charge is -2.54. The van der Waals surface area contributed by atoms with Crippen LogP contribution in [0.2, 0.25) is 0 Å². The van der Waals surface area contributed by atoms with Crippen LogP contribution in [-0.2, 0) is 4.74 Å². The van der Waals surface area contributed by atoms with Crippen molar-refractivity contribution in [1.29, 1.82) is 0 Å². The van der Waals surface area contributed by atoms with Crippen LogP contribution in [-0.4, -0.2) is 43.8 Å². The minimum Gasteiger partial charge on any atom is -0.496 e. The smallest absolute Gasteiger partial charge is 0.193 e. The first-order valence-electron chi connectivity index (χ1n) is 10.7. The van der Waals surface area contributed by atoms with Gasteiger partial charge in [-0.15, -0.1) is 0 Å². The van der Waals surface area contributed by atoms with Crippen molar-refractivity contribution < 1.29 is 19.0 Å². The SMILES string of the molecule is COc1cc(N2C3COCC2C3)c2c(c1C(=O)/C=C/c1ccccc1)OC(C)(C)C=C2. The summed E-state index contributed by atoms with van der Waals surface area (Å²) in [6.45, 7) is 5.44. The molecular weight excluding hydrogens is 390 g/mol. The van der Waals surface area contributed by atoms with E-state index in [1.54, 1.807) is 13.2 Å². The summed E-state index contributed by atoms with van der Waals surface area (Å²) in [5, 5.41) is 0. The third-order valence-corrected chi connectivity index (χ3v) is 6.20. The van der Waals surface area contributed by atoms with E-state index >= 15 is 0 Å². The Morgan fingerprint density at radius 1 is 1.19 bits per heavy atom. The Morgan fingerprint density at radius 3 is 2.61 bits per heavy atom. The third kappa shape index (κ3) is 3.53. The fraction of sp³-hybridized carbons (Fsp3) is 0.346. The molecule has 2 saturated heterocycles. The molecule has 3 heterocycles. The van der Waals surface area contributed by atoms with Crippen LogP contribution >= 0.6 is 0 Å². The molecule has 0 aromatic heterocycles. The quantitative estimate of drug-likeness (QED) is 0.519. The highest BCUT2D eigenvalue weighted by Crippen LogP contribution is 2.48. The average Bonchev–Trinajstić information content (AvgIpc) is 2.77. The maximum atomic E-state index is 13.3. The van der Waals surface area contributed by atoms with E-state index in [1.807, 2.05) is 62.4 Å². The highest BCUT2D eigenvalue weighted by Gasteiger charge is 2.44. The molecule has 31 heavy (non-hydrogen) atoms. The zero-order chi connectivity index (χ0) is 21.6. The molecule has 5 nitrogen and oxygen atoms in total. The highest BCUT2D eigenvalue weighted by atomic mass is 16.5. The van der Waals surface area contributed by atoms with Crippen LogP contribution in [0.1, 0.15) is 41.8 Å². The summed E-state index contributed by atoms with van der Waals surface area (Å²) >= 11 is 0. The maximum absolute atomic E-state index is 13.3. The largest absolute Gasteiger partial charge is 0.496 e. The Balaban J connectivity index is 1.61. The van der Waals surface area contributed by atoms with Crippen molar-refractivity contribution >= 4 is 23.6 Å². The van der Waals surface area contributed by atoms with Gasteiger partial charge in [-0.2, -0.15) is 0 Å². The lowest BCUT2D eigenvalue weighted by atomic mass is 9.87. The zero-order valence-corrected chi connectivity index (χ0v) is 18.1. The molecule has 0 saturated carbocycles. The average molecular weight is 418 g/mol. The van der Waals surface area contributed by atoms with Gasteiger partial charge in [-0.05, 0) is 44.1 Å². The predicted molar refractivity (Wildman–Crippen MR) is 122 cm³/mol. The summed E-state index contributed by atoms with van der Waals surface area (Å²) in [5.41, 5.74) is 2.91. The van der Waals surface area contributed by atoms with Gasteiger partial charge in [-0.1, -0.05) is 36.4 Å². The Bertz CT molecular complexity index is 1060. The molecule has 2 bridgehead atoms. The molecular formula is C26H27NO4. The number of carbonyl (C=O) groups is 1. The van der Waals surface area contributed by atoms with Crippen molar-refractivity contribution in [1.82, 2.24) is 0 Å². The topological polar surface area (TPSA) is 48.0 Å². The molecule has 2 aromatic carbocycles. The van der Waals surface area contributed by atoms with Crippen LogP contribution in [0.5, 0.6) is 11.5 Å². The molecule has 2 aromatic rings. The van der Waals surface area contributed by atoms with Gasteiger partial charge in [0.15, 0.2) is 5.78 Å². The fourth-order valence-electron chi connectivity index (χ4n) is 4.64. The van der Waals surface area contributed by atoms with Crippen molar-refractivity contribution in [3.05, 3.63) is 65.2 Å². The first-order chi connectivity index (χ1) is 15.0. The number of ketones is 1. The number of hydrogen-bond donors (Lipinski definition) is 0. The van der Waals surface area contributed by atoms with Crippen molar-refractivity contribution in [3.8, 4) is 11.5 Å². The molecule has 2 fully saturated rings. The molecule has 2 unspecified atom stereocenters. The second kappa shape index (κ2) is 7.57. The summed E-state index contributed by atoms with van der Waals surface area (Å²) < 4.78 is 17.8. The monoisotopic (exact) mass is 417 g/mol. The second-order valence-electron chi connectivity index (χ2n) is 8.85. The number of methoxy groups -OCH3 is 1. The molecule has 0 amide bonds. The number of morpholine rings is 1. The first-order valence-corrected chi connectivity index (χ1v) is 10.7. The van der Waals surface area contributed by atoms with Crippen molar-refractivity contribution in [2.45, 2.75) is 38.0 Å². The van der Waals surface area contributed by atoms with Crippen LogP contribution in [0.15, 0.2) is 48.6 Å². The van der Waals surface area contributed by atoms with E-state index < -0.39 is 5.60 Å². The number of allylic oxidation sites excluding steroid dienone is 1. The number of fused-ring (bicyclic) bond motifs is 3. The number of benzene rings is 2. The van der Waals surface area contributed by atoms with Crippen LogP contribution in [0.25, 0.3) is 12.2 Å². The Hall–Kier alpha value is -3.05. The van der Waals surface area contributed by atoms with E-state index in [0.717, 1.165) is 36.4 Å². The Morgan fingerprint density at radius 2 is 1.94 bits per heavy atom. The minimum absolute atomic E-state index is 0.137. The van der Waals surface area contributed by atoms with Gasteiger partial charge in [0.1, 0.15) is 22.7 Å². The summed E-state index contributed by atoms with van der Waals surface area (Å²) in [6, 6.07) is 12.5. The number of rotatable bonds is 5. The number of hydrogen-bond acceptors (Lipinski definition) is 5. The molecule has 0 spiro atoms. The van der Waals surface area contributed by atoms with E-state index in [4.69, 9.17) is 14.2 Å². The molecule has 2 atom stereocenters. The predicted octanol–water partition coefficient (Wildman–Crippen LogP) is 4.75. The van der Waals surface area contributed by atoms with Gasteiger partial charge in [-0.3, -0.25) is 4.79 Å². The van der Waals surface area contributed by atoms with Gasteiger partial charge in [0.25, 0.3) is 0 Å². The number of carbonyl (C=O) groups excluding carboxylic acids is 1. The second-order valence-corrected chi connectivity index (χ2v) is 8.85. The van der Waals surface area contributed by atoms with E-state index in [9.17, 15) is 4.79 Å². The molecule has 160 valence electrons. The standard InChI is InChI=1S/C26H27NO4/c1-26(2)12-11-20-21(27-18-13-19(27)16-30-15-18)14-23(29-3)24(25(20)31-26)22(28)10-9-17-7-5-4-6-8-17/h4-12,14,18-19H,13,15-16H2,1-3H3/b10-9+. The zero-order valence-electron chi connectivity index (χ0n) is 18.1. The molecule has 0 radical (unpaired) electrons. The van der Waals surface area contributed by atoms with E-state index in [-0.39, 0.29) is 5.78 Å². The van der Waals surface area contributed by atoms with Crippen LogP contribution in [0.4, 0.5) is 5.69 Å². The minimum atomic E-state index is -0.511. The van der Waals surface area contributed by atoms with Gasteiger partial charge in [0, 0.05) is 11.6 Å². The van der Waals surface area contributed by atoms with Gasteiger partial charge < -0.3 is 19.1 Å². The summed E-state index contributed by atoms with van der Waals surface area (Å²) in [5.74, 6) is 0.991. The van der Waals surface area contributed by atoms with Crippen LogP contribution in [0, 0.1) is 0 Å². The van der Waals surface area contributed by atoms with E-state index in [2.05, 4.69) is 11.0 Å². The molecule has 5 rings (SSSR count). The van der Waals surface area contributed by atoms with Crippen LogP contribution < -0.4 is 14.4 Å². The molecule has 3 aliphatic rings. The molecule has 0 aliphatic carbocycles. The molecule has 3 aliphatic heterocycles. The van der Waals surface area contributed by atoms with Crippen molar-refractivity contribution in [2.75, 3.05) is 25.2 Å². The van der Waals surface area contributed by atoms with E-state index in [0.29, 0.717) is 29.1 Å². The molecule has 0 N–H and O–H groups in total. The van der Waals surface area contributed by atoms with Gasteiger partial charge >= 0.3 is 0 Å². The van der Waals surface area contributed by atoms with Crippen LogP contribution in [0.3, 0.4) is 0 Å². The van der Waals surface area contributed by atoms with E-state index in [1.165, 1.54) is 0 Å². The van der Waals surface area contributed by atoms with Gasteiger partial charge in [-0.25, -0.2) is 0 Å². The Labute approximate surface area is 182 Å². The summed E-state index contributed by atoms with van der Waals surface area (Å²) in [7, 11) is 1.60. The number of ether oxygens (including phenoxy) is 3.